The molecule has 4 nitrogen and oxygen atoms in total. The zero-order valence-corrected chi connectivity index (χ0v) is 15.6. The van der Waals surface area contributed by atoms with Crippen molar-refractivity contribution in [2.75, 3.05) is 10.2 Å². The highest BCUT2D eigenvalue weighted by Crippen LogP contribution is 2.50. The molecule has 2 aromatic carbocycles. The van der Waals surface area contributed by atoms with Crippen LogP contribution < -0.4 is 10.2 Å². The van der Waals surface area contributed by atoms with Gasteiger partial charge in [-0.15, -0.1) is 0 Å². The van der Waals surface area contributed by atoms with E-state index in [9.17, 15) is 9.59 Å². The first kappa shape index (κ1) is 17.1. The SMILES string of the molecule is Cc1ccc(Cl)cc1NC(=O)C1(C(=O)N2c3ccccc3CC2C)CC1. The summed E-state index contributed by atoms with van der Waals surface area (Å²) < 4.78 is 0. The first-order chi connectivity index (χ1) is 12.4. The Hall–Kier alpha value is -2.33. The van der Waals surface area contributed by atoms with Gasteiger partial charge in [-0.25, -0.2) is 0 Å². The molecule has 0 spiro atoms. The first-order valence-corrected chi connectivity index (χ1v) is 9.29. The minimum atomic E-state index is -0.958. The highest BCUT2D eigenvalue weighted by atomic mass is 35.5. The fourth-order valence-electron chi connectivity index (χ4n) is 3.74. The Morgan fingerprint density at radius 2 is 1.92 bits per heavy atom. The highest BCUT2D eigenvalue weighted by molar-refractivity contribution is 6.31. The number of carbonyl (C=O) groups is 2. The van der Waals surface area contributed by atoms with Crippen LogP contribution in [0.5, 0.6) is 0 Å². The van der Waals surface area contributed by atoms with Crippen LogP contribution in [0.3, 0.4) is 0 Å². The van der Waals surface area contributed by atoms with Crippen LogP contribution in [0.4, 0.5) is 11.4 Å². The first-order valence-electron chi connectivity index (χ1n) is 8.91. The van der Waals surface area contributed by atoms with Gasteiger partial charge in [-0.3, -0.25) is 9.59 Å². The molecule has 1 N–H and O–H groups in total. The summed E-state index contributed by atoms with van der Waals surface area (Å²) in [7, 11) is 0. The number of aryl methyl sites for hydroxylation is 1. The van der Waals surface area contributed by atoms with Gasteiger partial charge in [0.1, 0.15) is 5.41 Å². The van der Waals surface area contributed by atoms with Crippen LogP contribution in [0, 0.1) is 12.3 Å². The van der Waals surface area contributed by atoms with Gasteiger partial charge < -0.3 is 10.2 Å². The lowest BCUT2D eigenvalue weighted by molar-refractivity contribution is -0.132. The minimum absolute atomic E-state index is 0.0677. The fraction of sp³-hybridized carbons (Fsp3) is 0.333. The van der Waals surface area contributed by atoms with Gasteiger partial charge in [0.05, 0.1) is 0 Å². The van der Waals surface area contributed by atoms with Crippen molar-refractivity contribution in [2.24, 2.45) is 5.41 Å². The average Bonchev–Trinajstić information content (AvgIpc) is 3.35. The molecule has 1 fully saturated rings. The maximum atomic E-state index is 13.3. The van der Waals surface area contributed by atoms with Gasteiger partial charge in [-0.2, -0.15) is 0 Å². The molecule has 2 aliphatic rings. The second-order valence-electron chi connectivity index (χ2n) is 7.35. The van der Waals surface area contributed by atoms with Crippen molar-refractivity contribution in [1.82, 2.24) is 0 Å². The molecule has 1 heterocycles. The molecule has 1 saturated carbocycles. The molecule has 0 bridgehead atoms. The Morgan fingerprint density at radius 1 is 1.19 bits per heavy atom. The van der Waals surface area contributed by atoms with Crippen molar-refractivity contribution in [3.8, 4) is 0 Å². The zero-order chi connectivity index (χ0) is 18.5. The molecule has 1 unspecified atom stereocenters. The van der Waals surface area contributed by atoms with Gasteiger partial charge in [0.25, 0.3) is 0 Å². The van der Waals surface area contributed by atoms with Crippen LogP contribution in [0.15, 0.2) is 42.5 Å². The zero-order valence-electron chi connectivity index (χ0n) is 14.9. The van der Waals surface area contributed by atoms with Crippen LogP contribution in [0.25, 0.3) is 0 Å². The van der Waals surface area contributed by atoms with E-state index in [1.165, 1.54) is 0 Å². The van der Waals surface area contributed by atoms with Crippen LogP contribution in [0.2, 0.25) is 5.02 Å². The number of nitrogens with zero attached hydrogens (tertiary/aromatic N) is 1. The third-order valence-electron chi connectivity index (χ3n) is 5.47. The molecule has 1 aliphatic heterocycles. The number of fused-ring (bicyclic) bond motifs is 1. The largest absolute Gasteiger partial charge is 0.325 e. The summed E-state index contributed by atoms with van der Waals surface area (Å²) in [5.74, 6) is -0.323. The lowest BCUT2D eigenvalue weighted by Gasteiger charge is -2.27. The summed E-state index contributed by atoms with van der Waals surface area (Å²) in [6, 6.07) is 13.4. The molecule has 1 aliphatic carbocycles. The number of rotatable bonds is 3. The van der Waals surface area contributed by atoms with Crippen molar-refractivity contribution in [3.63, 3.8) is 0 Å². The number of amides is 2. The lowest BCUT2D eigenvalue weighted by atomic mass is 10.0. The number of para-hydroxylation sites is 1. The minimum Gasteiger partial charge on any atom is -0.325 e. The molecule has 0 saturated heterocycles. The van der Waals surface area contributed by atoms with E-state index in [2.05, 4.69) is 5.32 Å². The van der Waals surface area contributed by atoms with Crippen LogP contribution in [-0.4, -0.2) is 17.9 Å². The number of hydrogen-bond donors (Lipinski definition) is 1. The van der Waals surface area contributed by atoms with E-state index in [0.717, 1.165) is 23.2 Å². The predicted octanol–water partition coefficient (Wildman–Crippen LogP) is 4.34. The highest BCUT2D eigenvalue weighted by Gasteiger charge is 2.59. The normalized spacial score (nSPS) is 19.8. The van der Waals surface area contributed by atoms with E-state index in [4.69, 9.17) is 11.6 Å². The van der Waals surface area contributed by atoms with E-state index < -0.39 is 5.41 Å². The Balaban J connectivity index is 1.60. The Labute approximate surface area is 158 Å². The number of benzene rings is 2. The van der Waals surface area contributed by atoms with Gasteiger partial charge in [0, 0.05) is 22.4 Å². The summed E-state index contributed by atoms with van der Waals surface area (Å²) in [4.78, 5) is 28.1. The van der Waals surface area contributed by atoms with Crippen LogP contribution in [0.1, 0.15) is 30.9 Å². The molecule has 0 radical (unpaired) electrons. The monoisotopic (exact) mass is 368 g/mol. The van der Waals surface area contributed by atoms with E-state index >= 15 is 0 Å². The third-order valence-corrected chi connectivity index (χ3v) is 5.70. The van der Waals surface area contributed by atoms with Crippen LogP contribution >= 0.6 is 11.6 Å². The third kappa shape index (κ3) is 2.69. The fourth-order valence-corrected chi connectivity index (χ4v) is 3.91. The smallest absolute Gasteiger partial charge is 0.242 e. The second-order valence-corrected chi connectivity index (χ2v) is 7.79. The Bertz CT molecular complexity index is 905. The quantitative estimate of drug-likeness (QED) is 0.819. The number of hydrogen-bond acceptors (Lipinski definition) is 2. The van der Waals surface area contributed by atoms with Gasteiger partial charge >= 0.3 is 0 Å². The van der Waals surface area contributed by atoms with E-state index in [1.807, 2.05) is 49.1 Å². The number of carbonyl (C=O) groups excluding carboxylic acids is 2. The van der Waals surface area contributed by atoms with Crippen molar-refractivity contribution in [1.29, 1.82) is 0 Å². The molecule has 26 heavy (non-hydrogen) atoms. The van der Waals surface area contributed by atoms with Gasteiger partial charge in [0.2, 0.25) is 11.8 Å². The Morgan fingerprint density at radius 3 is 2.65 bits per heavy atom. The summed E-state index contributed by atoms with van der Waals surface area (Å²) in [6.45, 7) is 3.94. The maximum Gasteiger partial charge on any atom is 0.242 e. The van der Waals surface area contributed by atoms with Gasteiger partial charge in [-0.1, -0.05) is 35.9 Å². The number of nitrogens with one attached hydrogen (secondary N) is 1. The topological polar surface area (TPSA) is 49.4 Å². The average molecular weight is 369 g/mol. The predicted molar refractivity (Wildman–Crippen MR) is 104 cm³/mol. The van der Waals surface area contributed by atoms with E-state index in [1.54, 1.807) is 12.1 Å². The maximum absolute atomic E-state index is 13.3. The molecular weight excluding hydrogens is 348 g/mol. The number of halogens is 1. The van der Waals surface area contributed by atoms with E-state index in [-0.39, 0.29) is 17.9 Å². The standard InChI is InChI=1S/C21H21ClN2O2/c1-13-7-8-16(22)12-17(13)23-19(25)21(9-10-21)20(26)24-14(2)11-15-5-3-4-6-18(15)24/h3-8,12,14H,9-11H2,1-2H3,(H,23,25). The molecule has 2 amide bonds. The molecule has 4 rings (SSSR count). The lowest BCUT2D eigenvalue weighted by Crippen LogP contribution is -2.45. The van der Waals surface area contributed by atoms with Crippen LogP contribution in [-0.2, 0) is 16.0 Å². The molecule has 2 aromatic rings. The summed E-state index contributed by atoms with van der Waals surface area (Å²) in [5, 5.41) is 3.49. The van der Waals surface area contributed by atoms with E-state index in [0.29, 0.717) is 23.6 Å². The summed E-state index contributed by atoms with van der Waals surface area (Å²) >= 11 is 6.05. The van der Waals surface area contributed by atoms with Gasteiger partial charge in [-0.05, 0) is 62.4 Å². The molecule has 5 heteroatoms. The second kappa shape index (κ2) is 6.13. The molecule has 134 valence electrons. The van der Waals surface area contributed by atoms with Crippen molar-refractivity contribution < 1.29 is 9.59 Å². The van der Waals surface area contributed by atoms with Crippen molar-refractivity contribution in [3.05, 3.63) is 58.6 Å². The van der Waals surface area contributed by atoms with Crippen molar-refractivity contribution >= 4 is 34.8 Å². The number of anilines is 2. The molecular formula is C21H21ClN2O2. The van der Waals surface area contributed by atoms with Crippen molar-refractivity contribution in [2.45, 2.75) is 39.2 Å². The summed E-state index contributed by atoms with van der Waals surface area (Å²) in [6.07, 6.45) is 2.00. The molecule has 0 aromatic heterocycles. The molecule has 1 atom stereocenters. The Kier molecular flexibility index (Phi) is 4.03. The summed E-state index contributed by atoms with van der Waals surface area (Å²) in [5.41, 5.74) is 2.72. The van der Waals surface area contributed by atoms with Gasteiger partial charge in [0.15, 0.2) is 0 Å².